The van der Waals surface area contributed by atoms with Gasteiger partial charge in [-0.2, -0.15) is 0 Å². The highest BCUT2D eigenvalue weighted by Gasteiger charge is 2.07. The normalized spacial score (nSPS) is 10.8. The predicted molar refractivity (Wildman–Crippen MR) is 86.2 cm³/mol. The Labute approximate surface area is 133 Å². The van der Waals surface area contributed by atoms with Crippen LogP contribution < -0.4 is 0 Å². The van der Waals surface area contributed by atoms with E-state index in [1.54, 1.807) is 48.6 Å². The lowest BCUT2D eigenvalue weighted by atomic mass is 10.2. The minimum Gasteiger partial charge on any atom is -0.338 e. The van der Waals surface area contributed by atoms with E-state index in [4.69, 9.17) is 23.2 Å². The summed E-state index contributed by atoms with van der Waals surface area (Å²) in [7, 11) is 1.74. The molecule has 0 saturated carbocycles. The van der Waals surface area contributed by atoms with E-state index in [1.807, 2.05) is 12.1 Å². The first-order valence-electron chi connectivity index (χ1n) is 6.34. The first kappa shape index (κ1) is 15.5. The maximum Gasteiger partial charge on any atom is 0.246 e. The molecule has 1 heterocycles. The Bertz CT molecular complexity index is 657. The van der Waals surface area contributed by atoms with Crippen LogP contribution in [0.4, 0.5) is 0 Å². The summed E-state index contributed by atoms with van der Waals surface area (Å²) >= 11 is 12.0. The molecule has 0 aliphatic carbocycles. The van der Waals surface area contributed by atoms with E-state index in [1.165, 1.54) is 6.08 Å². The number of halogens is 2. The SMILES string of the molecule is CN(Cc1cccnc1)C(=O)/C=C/c1cccc(Cl)c1Cl. The fraction of sp³-hybridized carbons (Fsp3) is 0.125. The smallest absolute Gasteiger partial charge is 0.246 e. The lowest BCUT2D eigenvalue weighted by Crippen LogP contribution is -2.24. The van der Waals surface area contributed by atoms with Crippen LogP contribution >= 0.6 is 23.2 Å². The van der Waals surface area contributed by atoms with Crippen LogP contribution in [-0.4, -0.2) is 22.8 Å². The lowest BCUT2D eigenvalue weighted by Gasteiger charge is -2.14. The molecule has 108 valence electrons. The minimum atomic E-state index is -0.116. The van der Waals surface area contributed by atoms with Gasteiger partial charge in [0.05, 0.1) is 10.0 Å². The van der Waals surface area contributed by atoms with E-state index < -0.39 is 0 Å². The number of aromatic nitrogens is 1. The zero-order chi connectivity index (χ0) is 15.2. The fourth-order valence-corrected chi connectivity index (χ4v) is 2.15. The molecule has 21 heavy (non-hydrogen) atoms. The maximum atomic E-state index is 12.1. The lowest BCUT2D eigenvalue weighted by molar-refractivity contribution is -0.125. The summed E-state index contributed by atoms with van der Waals surface area (Å²) in [5.41, 5.74) is 1.69. The number of hydrogen-bond acceptors (Lipinski definition) is 2. The Morgan fingerprint density at radius 1 is 1.29 bits per heavy atom. The molecule has 0 aliphatic heterocycles. The molecule has 2 rings (SSSR count). The van der Waals surface area contributed by atoms with Crippen LogP contribution in [0.25, 0.3) is 6.08 Å². The van der Waals surface area contributed by atoms with Gasteiger partial charge in [0.15, 0.2) is 0 Å². The molecule has 5 heteroatoms. The van der Waals surface area contributed by atoms with Crippen LogP contribution in [0.15, 0.2) is 48.8 Å². The molecule has 1 amide bonds. The summed E-state index contributed by atoms with van der Waals surface area (Å²) in [5, 5.41) is 0.910. The van der Waals surface area contributed by atoms with Gasteiger partial charge < -0.3 is 4.90 Å². The third kappa shape index (κ3) is 4.31. The van der Waals surface area contributed by atoms with Gasteiger partial charge in [0.2, 0.25) is 5.91 Å². The summed E-state index contributed by atoms with van der Waals surface area (Å²) in [6, 6.07) is 9.07. The van der Waals surface area contributed by atoms with Crippen molar-refractivity contribution in [3.8, 4) is 0 Å². The quantitative estimate of drug-likeness (QED) is 0.796. The van der Waals surface area contributed by atoms with Crippen molar-refractivity contribution in [3.05, 3.63) is 70.0 Å². The number of likely N-dealkylation sites (N-methyl/N-ethyl adjacent to an activating group) is 1. The van der Waals surface area contributed by atoms with Crippen molar-refractivity contribution >= 4 is 35.2 Å². The third-order valence-electron chi connectivity index (χ3n) is 2.91. The monoisotopic (exact) mass is 320 g/mol. The molecule has 0 atom stereocenters. The highest BCUT2D eigenvalue weighted by molar-refractivity contribution is 6.42. The first-order chi connectivity index (χ1) is 10.1. The second kappa shape index (κ2) is 7.25. The van der Waals surface area contributed by atoms with E-state index in [-0.39, 0.29) is 5.91 Å². The van der Waals surface area contributed by atoms with Crippen LogP contribution in [0.5, 0.6) is 0 Å². The molecule has 1 aromatic carbocycles. The Hall–Kier alpha value is -1.84. The van der Waals surface area contributed by atoms with Gasteiger partial charge in [-0.1, -0.05) is 41.4 Å². The molecule has 1 aromatic heterocycles. The van der Waals surface area contributed by atoms with Crippen molar-refractivity contribution < 1.29 is 4.79 Å². The summed E-state index contributed by atoms with van der Waals surface area (Å²) in [4.78, 5) is 17.7. The number of carbonyl (C=O) groups is 1. The molecular weight excluding hydrogens is 307 g/mol. The topological polar surface area (TPSA) is 33.2 Å². The molecule has 2 aromatic rings. The molecule has 0 fully saturated rings. The van der Waals surface area contributed by atoms with Crippen molar-refractivity contribution in [1.29, 1.82) is 0 Å². The Balaban J connectivity index is 2.03. The second-order valence-corrected chi connectivity index (χ2v) is 5.32. The molecule has 0 unspecified atom stereocenters. The van der Waals surface area contributed by atoms with Crippen LogP contribution in [0.2, 0.25) is 10.0 Å². The van der Waals surface area contributed by atoms with Crippen LogP contribution in [-0.2, 0) is 11.3 Å². The van der Waals surface area contributed by atoms with Crippen molar-refractivity contribution in [1.82, 2.24) is 9.88 Å². The van der Waals surface area contributed by atoms with Gasteiger partial charge in [0.25, 0.3) is 0 Å². The Morgan fingerprint density at radius 3 is 2.81 bits per heavy atom. The van der Waals surface area contributed by atoms with Crippen LogP contribution in [0.3, 0.4) is 0 Å². The fourth-order valence-electron chi connectivity index (χ4n) is 1.78. The van der Waals surface area contributed by atoms with Gasteiger partial charge in [-0.05, 0) is 29.3 Å². The zero-order valence-electron chi connectivity index (χ0n) is 11.5. The molecule has 0 aliphatic rings. The van der Waals surface area contributed by atoms with E-state index in [9.17, 15) is 4.79 Å². The van der Waals surface area contributed by atoms with Gasteiger partial charge in [0, 0.05) is 32.1 Å². The van der Waals surface area contributed by atoms with Crippen LogP contribution in [0.1, 0.15) is 11.1 Å². The summed E-state index contributed by atoms with van der Waals surface area (Å²) in [6.45, 7) is 0.500. The number of pyridine rings is 1. The number of hydrogen-bond donors (Lipinski definition) is 0. The van der Waals surface area contributed by atoms with Gasteiger partial charge in [0.1, 0.15) is 0 Å². The standard InChI is InChI=1S/C16H14Cl2N2O/c1-20(11-12-4-3-9-19-10-12)15(21)8-7-13-5-2-6-14(17)16(13)18/h2-10H,11H2,1H3/b8-7+. The van der Waals surface area contributed by atoms with E-state index in [0.717, 1.165) is 5.56 Å². The first-order valence-corrected chi connectivity index (χ1v) is 7.09. The van der Waals surface area contributed by atoms with Crippen molar-refractivity contribution in [2.24, 2.45) is 0 Å². The molecule has 0 radical (unpaired) electrons. The van der Waals surface area contributed by atoms with E-state index >= 15 is 0 Å². The second-order valence-electron chi connectivity index (χ2n) is 4.53. The average Bonchev–Trinajstić information content (AvgIpc) is 2.49. The average molecular weight is 321 g/mol. The minimum absolute atomic E-state index is 0.116. The Morgan fingerprint density at radius 2 is 2.10 bits per heavy atom. The molecule has 0 saturated heterocycles. The van der Waals surface area contributed by atoms with Gasteiger partial charge in [-0.3, -0.25) is 9.78 Å². The molecule has 0 bridgehead atoms. The summed E-state index contributed by atoms with van der Waals surface area (Å²) in [6.07, 6.45) is 6.58. The van der Waals surface area contributed by atoms with Gasteiger partial charge >= 0.3 is 0 Å². The molecule has 0 spiro atoms. The highest BCUT2D eigenvalue weighted by atomic mass is 35.5. The van der Waals surface area contributed by atoms with Gasteiger partial charge in [-0.25, -0.2) is 0 Å². The maximum absolute atomic E-state index is 12.1. The van der Waals surface area contributed by atoms with Crippen molar-refractivity contribution in [2.45, 2.75) is 6.54 Å². The Kier molecular flexibility index (Phi) is 5.37. The molecule has 0 N–H and O–H groups in total. The van der Waals surface area contributed by atoms with Gasteiger partial charge in [-0.15, -0.1) is 0 Å². The van der Waals surface area contributed by atoms with Crippen molar-refractivity contribution in [2.75, 3.05) is 7.05 Å². The predicted octanol–water partition coefficient (Wildman–Crippen LogP) is 4.06. The van der Waals surface area contributed by atoms with E-state index in [0.29, 0.717) is 22.2 Å². The molecular formula is C16H14Cl2N2O. The number of nitrogens with zero attached hydrogens (tertiary/aromatic N) is 2. The number of benzene rings is 1. The highest BCUT2D eigenvalue weighted by Crippen LogP contribution is 2.26. The summed E-state index contributed by atoms with van der Waals surface area (Å²) < 4.78 is 0. The third-order valence-corrected chi connectivity index (χ3v) is 3.74. The zero-order valence-corrected chi connectivity index (χ0v) is 13.0. The van der Waals surface area contributed by atoms with Crippen LogP contribution in [0, 0.1) is 0 Å². The molecule has 3 nitrogen and oxygen atoms in total. The number of carbonyl (C=O) groups excluding carboxylic acids is 1. The number of rotatable bonds is 4. The number of amides is 1. The van der Waals surface area contributed by atoms with E-state index in [2.05, 4.69) is 4.98 Å². The van der Waals surface area contributed by atoms with Crippen molar-refractivity contribution in [3.63, 3.8) is 0 Å². The largest absolute Gasteiger partial charge is 0.338 e. The summed E-state index contributed by atoms with van der Waals surface area (Å²) in [5.74, 6) is -0.116.